The van der Waals surface area contributed by atoms with Gasteiger partial charge in [-0.1, -0.05) is 60.7 Å². The number of allylic oxidation sites excluding steroid dienone is 2. The highest BCUT2D eigenvalue weighted by Gasteiger charge is 2.06. The minimum absolute atomic E-state index is 0.181. The van der Waals surface area contributed by atoms with Crippen LogP contribution in [0.15, 0.2) is 72.8 Å². The second kappa shape index (κ2) is 8.23. The fraction of sp³-hybridized carbons (Fsp3) is 0.238. The molecule has 2 rings (SSSR count). The Morgan fingerprint density at radius 1 is 0.739 bits per heavy atom. The molecule has 23 heavy (non-hydrogen) atoms. The molecule has 0 bridgehead atoms. The molecule has 120 valence electrons. The average molecular weight is 308 g/mol. The standard InChI is InChI=1S/C21H24O2/c1-16(2)13-18-9-5-7-11-20(18)22-15-23-21-12-8-6-10-19(21)14-17(3)4/h5-12H,1,3,13-15H2,2,4H3. The zero-order valence-corrected chi connectivity index (χ0v) is 14.0. The molecule has 0 aliphatic rings. The molecule has 0 aromatic heterocycles. The van der Waals surface area contributed by atoms with Gasteiger partial charge in [0.1, 0.15) is 11.5 Å². The zero-order chi connectivity index (χ0) is 16.7. The van der Waals surface area contributed by atoms with E-state index in [1.54, 1.807) is 0 Å². The first-order chi connectivity index (χ1) is 11.1. The highest BCUT2D eigenvalue weighted by molar-refractivity contribution is 5.37. The van der Waals surface area contributed by atoms with E-state index in [4.69, 9.17) is 9.47 Å². The molecule has 2 aromatic carbocycles. The molecule has 0 aliphatic heterocycles. The van der Waals surface area contributed by atoms with Crippen LogP contribution in [0.2, 0.25) is 0 Å². The first kappa shape index (κ1) is 16.9. The summed E-state index contributed by atoms with van der Waals surface area (Å²) >= 11 is 0. The molecular weight excluding hydrogens is 284 g/mol. The van der Waals surface area contributed by atoms with Crippen LogP contribution in [0, 0.1) is 0 Å². The third-order valence-electron chi connectivity index (χ3n) is 3.36. The Morgan fingerprint density at radius 3 is 1.52 bits per heavy atom. The van der Waals surface area contributed by atoms with Gasteiger partial charge in [0.05, 0.1) is 0 Å². The molecule has 0 spiro atoms. The van der Waals surface area contributed by atoms with Crippen LogP contribution < -0.4 is 9.47 Å². The Hall–Kier alpha value is -2.48. The van der Waals surface area contributed by atoms with Gasteiger partial charge >= 0.3 is 0 Å². The van der Waals surface area contributed by atoms with Crippen LogP contribution in [0.1, 0.15) is 25.0 Å². The number of hydrogen-bond donors (Lipinski definition) is 0. The van der Waals surface area contributed by atoms with Crippen LogP contribution in [-0.4, -0.2) is 6.79 Å². The van der Waals surface area contributed by atoms with Gasteiger partial charge in [0.15, 0.2) is 0 Å². The summed E-state index contributed by atoms with van der Waals surface area (Å²) in [6.45, 7) is 12.1. The van der Waals surface area contributed by atoms with E-state index in [1.807, 2.05) is 50.2 Å². The average Bonchev–Trinajstić information content (AvgIpc) is 2.49. The molecule has 2 aromatic rings. The molecule has 0 aliphatic carbocycles. The maximum atomic E-state index is 5.82. The fourth-order valence-corrected chi connectivity index (χ4v) is 2.39. The fourth-order valence-electron chi connectivity index (χ4n) is 2.39. The molecule has 0 atom stereocenters. The van der Waals surface area contributed by atoms with E-state index >= 15 is 0 Å². The summed E-state index contributed by atoms with van der Waals surface area (Å²) in [6.07, 6.45) is 1.62. The van der Waals surface area contributed by atoms with Gasteiger partial charge in [-0.05, 0) is 49.9 Å². The van der Waals surface area contributed by atoms with Crippen molar-refractivity contribution in [2.45, 2.75) is 26.7 Å². The molecule has 0 saturated carbocycles. The Morgan fingerprint density at radius 2 is 1.13 bits per heavy atom. The van der Waals surface area contributed by atoms with Gasteiger partial charge in [0.25, 0.3) is 0 Å². The highest BCUT2D eigenvalue weighted by atomic mass is 16.7. The van der Waals surface area contributed by atoms with Crippen LogP contribution in [0.3, 0.4) is 0 Å². The van der Waals surface area contributed by atoms with Gasteiger partial charge in [-0.15, -0.1) is 0 Å². The van der Waals surface area contributed by atoms with Crippen molar-refractivity contribution in [2.75, 3.05) is 6.79 Å². The topological polar surface area (TPSA) is 18.5 Å². The lowest BCUT2D eigenvalue weighted by Crippen LogP contribution is -2.08. The lowest BCUT2D eigenvalue weighted by molar-refractivity contribution is 0.118. The molecule has 2 nitrogen and oxygen atoms in total. The molecular formula is C21H24O2. The third kappa shape index (κ3) is 5.33. The maximum Gasteiger partial charge on any atom is 0.230 e. The van der Waals surface area contributed by atoms with Crippen molar-refractivity contribution in [3.8, 4) is 11.5 Å². The van der Waals surface area contributed by atoms with Gasteiger partial charge < -0.3 is 9.47 Å². The summed E-state index contributed by atoms with van der Waals surface area (Å²) in [5, 5.41) is 0. The van der Waals surface area contributed by atoms with Crippen molar-refractivity contribution >= 4 is 0 Å². The van der Waals surface area contributed by atoms with Crippen LogP contribution in [0.5, 0.6) is 11.5 Å². The molecule has 0 fully saturated rings. The van der Waals surface area contributed by atoms with Gasteiger partial charge in [0, 0.05) is 0 Å². The molecule has 0 radical (unpaired) electrons. The summed E-state index contributed by atoms with van der Waals surface area (Å²) in [4.78, 5) is 0. The van der Waals surface area contributed by atoms with E-state index in [9.17, 15) is 0 Å². The molecule has 0 heterocycles. The maximum absolute atomic E-state index is 5.82. The summed E-state index contributed by atoms with van der Waals surface area (Å²) in [5.41, 5.74) is 4.46. The molecule has 0 saturated heterocycles. The molecule has 0 N–H and O–H groups in total. The Kier molecular flexibility index (Phi) is 6.04. The summed E-state index contributed by atoms with van der Waals surface area (Å²) in [7, 11) is 0. The quantitative estimate of drug-likeness (QED) is 0.484. The van der Waals surface area contributed by atoms with E-state index in [0.29, 0.717) is 0 Å². The van der Waals surface area contributed by atoms with Crippen molar-refractivity contribution in [1.82, 2.24) is 0 Å². The second-order valence-corrected chi connectivity index (χ2v) is 5.89. The predicted molar refractivity (Wildman–Crippen MR) is 96.0 cm³/mol. The van der Waals surface area contributed by atoms with E-state index in [0.717, 1.165) is 46.6 Å². The number of hydrogen-bond acceptors (Lipinski definition) is 2. The Labute approximate surface area is 139 Å². The minimum atomic E-state index is 0.181. The van der Waals surface area contributed by atoms with Gasteiger partial charge in [0.2, 0.25) is 6.79 Å². The van der Waals surface area contributed by atoms with Crippen LogP contribution in [0.4, 0.5) is 0 Å². The first-order valence-corrected chi connectivity index (χ1v) is 7.76. The number of benzene rings is 2. The lowest BCUT2D eigenvalue weighted by atomic mass is 10.1. The van der Waals surface area contributed by atoms with E-state index in [2.05, 4.69) is 25.3 Å². The molecule has 2 heteroatoms. The van der Waals surface area contributed by atoms with Gasteiger partial charge in [-0.3, -0.25) is 0 Å². The summed E-state index contributed by atoms with van der Waals surface area (Å²) in [5.74, 6) is 1.68. The summed E-state index contributed by atoms with van der Waals surface area (Å²) in [6, 6.07) is 16.0. The number of para-hydroxylation sites is 2. The summed E-state index contributed by atoms with van der Waals surface area (Å²) < 4.78 is 11.6. The van der Waals surface area contributed by atoms with Crippen molar-refractivity contribution in [3.63, 3.8) is 0 Å². The van der Waals surface area contributed by atoms with Gasteiger partial charge in [-0.2, -0.15) is 0 Å². The largest absolute Gasteiger partial charge is 0.457 e. The van der Waals surface area contributed by atoms with E-state index < -0.39 is 0 Å². The predicted octanol–water partition coefficient (Wildman–Crippen LogP) is 5.34. The van der Waals surface area contributed by atoms with E-state index in [-0.39, 0.29) is 6.79 Å². The SMILES string of the molecule is C=C(C)Cc1ccccc1OCOc1ccccc1CC(=C)C. The smallest absolute Gasteiger partial charge is 0.230 e. The lowest BCUT2D eigenvalue weighted by Gasteiger charge is -2.14. The van der Waals surface area contributed by atoms with Crippen molar-refractivity contribution in [3.05, 3.63) is 84.0 Å². The van der Waals surface area contributed by atoms with Crippen molar-refractivity contribution < 1.29 is 9.47 Å². The number of ether oxygens (including phenoxy) is 2. The normalized spacial score (nSPS) is 10.2. The monoisotopic (exact) mass is 308 g/mol. The number of rotatable bonds is 8. The second-order valence-electron chi connectivity index (χ2n) is 5.89. The van der Waals surface area contributed by atoms with Crippen LogP contribution >= 0.6 is 0 Å². The van der Waals surface area contributed by atoms with Crippen LogP contribution in [-0.2, 0) is 12.8 Å². The van der Waals surface area contributed by atoms with Crippen LogP contribution in [0.25, 0.3) is 0 Å². The first-order valence-electron chi connectivity index (χ1n) is 7.76. The van der Waals surface area contributed by atoms with E-state index in [1.165, 1.54) is 0 Å². The Balaban J connectivity index is 2.01. The zero-order valence-electron chi connectivity index (χ0n) is 14.0. The highest BCUT2D eigenvalue weighted by Crippen LogP contribution is 2.23. The van der Waals surface area contributed by atoms with Gasteiger partial charge in [-0.25, -0.2) is 0 Å². The Bertz CT molecular complexity index is 626. The third-order valence-corrected chi connectivity index (χ3v) is 3.36. The van der Waals surface area contributed by atoms with Crippen molar-refractivity contribution in [2.24, 2.45) is 0 Å². The minimum Gasteiger partial charge on any atom is -0.457 e. The van der Waals surface area contributed by atoms with Crippen molar-refractivity contribution in [1.29, 1.82) is 0 Å². The molecule has 0 amide bonds. The molecule has 0 unspecified atom stereocenters.